The van der Waals surface area contributed by atoms with Gasteiger partial charge in [0.05, 0.1) is 22.9 Å². The van der Waals surface area contributed by atoms with Crippen LogP contribution in [0.25, 0.3) is 23.0 Å². The molecular weight excluding hydrogens is 438 g/mol. The van der Waals surface area contributed by atoms with Gasteiger partial charge in [-0.05, 0) is 62.7 Å². The Morgan fingerprint density at radius 1 is 1.12 bits per heavy atom. The quantitative estimate of drug-likeness (QED) is 0.321. The summed E-state index contributed by atoms with van der Waals surface area (Å²) < 4.78 is 8.02. The maximum atomic E-state index is 13.1. The predicted octanol–water partition coefficient (Wildman–Crippen LogP) is 5.94. The van der Waals surface area contributed by atoms with Gasteiger partial charge in [0, 0.05) is 23.4 Å². The normalized spacial score (nSPS) is 16.1. The number of hydrogen-bond donors (Lipinski definition) is 0. The number of carbonyl (C=O) groups excluding carboxylic acids is 1. The third kappa shape index (κ3) is 4.49. The van der Waals surface area contributed by atoms with E-state index in [4.69, 9.17) is 22.1 Å². The molecular formula is C25H25N3O2S2. The van der Waals surface area contributed by atoms with Crippen LogP contribution in [0.3, 0.4) is 0 Å². The van der Waals surface area contributed by atoms with Gasteiger partial charge in [-0.25, -0.2) is 4.68 Å². The topological polar surface area (TPSA) is 47.4 Å². The van der Waals surface area contributed by atoms with Crippen LogP contribution in [0, 0.1) is 0 Å². The molecule has 0 N–H and O–H groups in total. The second-order valence-corrected chi connectivity index (χ2v) is 9.16. The zero-order valence-corrected chi connectivity index (χ0v) is 20.0. The number of aromatic nitrogens is 2. The minimum atomic E-state index is -0.0422. The summed E-state index contributed by atoms with van der Waals surface area (Å²) in [5.74, 6) is 0.772. The Kier molecular flexibility index (Phi) is 6.77. The van der Waals surface area contributed by atoms with Crippen LogP contribution < -0.4 is 4.74 Å². The fourth-order valence-electron chi connectivity index (χ4n) is 3.49. The zero-order chi connectivity index (χ0) is 22.7. The Hall–Kier alpha value is -2.90. The van der Waals surface area contributed by atoms with E-state index in [1.807, 2.05) is 85.4 Å². The number of nitrogens with zero attached hydrogens (tertiary/aromatic N) is 3. The first-order valence-electron chi connectivity index (χ1n) is 10.7. The summed E-state index contributed by atoms with van der Waals surface area (Å²) in [7, 11) is 0. The number of para-hydroxylation sites is 1. The lowest BCUT2D eigenvalue weighted by Gasteiger charge is -2.21. The highest BCUT2D eigenvalue weighted by Gasteiger charge is 2.35. The molecule has 1 saturated heterocycles. The molecule has 2 aromatic carbocycles. The first-order chi connectivity index (χ1) is 15.5. The second kappa shape index (κ2) is 9.71. The van der Waals surface area contributed by atoms with Crippen LogP contribution in [-0.4, -0.2) is 37.6 Å². The summed E-state index contributed by atoms with van der Waals surface area (Å²) in [4.78, 5) is 15.4. The molecule has 2 heterocycles. The predicted molar refractivity (Wildman–Crippen MR) is 135 cm³/mol. The van der Waals surface area contributed by atoms with E-state index in [-0.39, 0.29) is 11.9 Å². The van der Waals surface area contributed by atoms with E-state index >= 15 is 0 Å². The second-order valence-electron chi connectivity index (χ2n) is 7.48. The number of thioether (sulfide) groups is 1. The molecule has 0 saturated carbocycles. The molecule has 5 nitrogen and oxygen atoms in total. The monoisotopic (exact) mass is 463 g/mol. The lowest BCUT2D eigenvalue weighted by molar-refractivity contribution is -0.123. The van der Waals surface area contributed by atoms with Gasteiger partial charge in [0.15, 0.2) is 0 Å². The molecule has 1 atom stereocenters. The Morgan fingerprint density at radius 2 is 1.84 bits per heavy atom. The van der Waals surface area contributed by atoms with Gasteiger partial charge < -0.3 is 4.74 Å². The van der Waals surface area contributed by atoms with Crippen molar-refractivity contribution in [1.29, 1.82) is 0 Å². The summed E-state index contributed by atoms with van der Waals surface area (Å²) in [5, 5.41) is 4.85. The van der Waals surface area contributed by atoms with Crippen LogP contribution >= 0.6 is 24.0 Å². The first-order valence-corrected chi connectivity index (χ1v) is 11.9. The number of carbonyl (C=O) groups is 1. The molecule has 3 aromatic rings. The van der Waals surface area contributed by atoms with Crippen LogP contribution in [0.5, 0.6) is 5.75 Å². The average molecular weight is 464 g/mol. The molecule has 0 bridgehead atoms. The molecule has 4 rings (SSSR count). The Bertz CT molecular complexity index is 1150. The SMILES string of the molecule is CCOc1ccc(-c2nn(-c3ccccc3)cc2C=C2SC(=S)N(C(C)CC)C2=O)cc1. The standard InChI is InChI=1S/C25H25N3O2S2/c1-4-17(3)28-24(29)22(32-25(28)31)15-19-16-27(20-9-7-6-8-10-20)26-23(19)18-11-13-21(14-12-18)30-5-2/h6-17H,4-5H2,1-3H3. The van der Waals surface area contributed by atoms with Crippen LogP contribution in [0.1, 0.15) is 32.8 Å². The van der Waals surface area contributed by atoms with Gasteiger partial charge in [0.25, 0.3) is 5.91 Å². The molecule has 7 heteroatoms. The molecule has 1 amide bonds. The average Bonchev–Trinajstić information content (AvgIpc) is 3.35. The van der Waals surface area contributed by atoms with Crippen molar-refractivity contribution in [3.63, 3.8) is 0 Å². The third-order valence-corrected chi connectivity index (χ3v) is 6.67. The minimum Gasteiger partial charge on any atom is -0.494 e. The number of thiocarbonyl (C=S) groups is 1. The largest absolute Gasteiger partial charge is 0.494 e. The maximum absolute atomic E-state index is 13.1. The molecule has 0 radical (unpaired) electrons. The summed E-state index contributed by atoms with van der Waals surface area (Å²) in [6.07, 6.45) is 4.71. The molecule has 0 spiro atoms. The third-order valence-electron chi connectivity index (χ3n) is 5.34. The highest BCUT2D eigenvalue weighted by molar-refractivity contribution is 8.26. The van der Waals surface area contributed by atoms with Crippen LogP contribution in [0.4, 0.5) is 0 Å². The van der Waals surface area contributed by atoms with Gasteiger partial charge in [0.1, 0.15) is 10.1 Å². The van der Waals surface area contributed by atoms with Crippen LogP contribution in [0.2, 0.25) is 0 Å². The molecule has 1 aromatic heterocycles. The summed E-state index contributed by atoms with van der Waals surface area (Å²) >= 11 is 6.84. The molecule has 1 aliphatic heterocycles. The van der Waals surface area contributed by atoms with Crippen molar-refractivity contribution < 1.29 is 9.53 Å². The van der Waals surface area contributed by atoms with Gasteiger partial charge in [-0.2, -0.15) is 5.10 Å². The van der Waals surface area contributed by atoms with Crippen molar-refractivity contribution in [3.05, 3.63) is 71.3 Å². The van der Waals surface area contributed by atoms with Gasteiger partial charge in [-0.1, -0.05) is 49.1 Å². The van der Waals surface area contributed by atoms with Crippen molar-refractivity contribution in [1.82, 2.24) is 14.7 Å². The Morgan fingerprint density at radius 3 is 2.50 bits per heavy atom. The van der Waals surface area contributed by atoms with Crippen molar-refractivity contribution in [2.24, 2.45) is 0 Å². The Balaban J connectivity index is 1.77. The van der Waals surface area contributed by atoms with Crippen molar-refractivity contribution in [2.45, 2.75) is 33.2 Å². The first kappa shape index (κ1) is 22.3. The lowest BCUT2D eigenvalue weighted by atomic mass is 10.1. The van der Waals surface area contributed by atoms with E-state index in [1.165, 1.54) is 11.8 Å². The fourth-order valence-corrected chi connectivity index (χ4v) is 4.94. The van der Waals surface area contributed by atoms with E-state index in [0.717, 1.165) is 34.7 Å². The highest BCUT2D eigenvalue weighted by Crippen LogP contribution is 2.36. The van der Waals surface area contributed by atoms with E-state index in [9.17, 15) is 4.79 Å². The number of amides is 1. The van der Waals surface area contributed by atoms with E-state index in [1.54, 1.807) is 4.90 Å². The molecule has 1 unspecified atom stereocenters. The minimum absolute atomic E-state index is 0.0422. The van der Waals surface area contributed by atoms with E-state index in [2.05, 4.69) is 6.92 Å². The summed E-state index contributed by atoms with van der Waals surface area (Å²) in [6, 6.07) is 17.9. The van der Waals surface area contributed by atoms with Crippen molar-refractivity contribution in [2.75, 3.05) is 6.61 Å². The number of hydrogen-bond acceptors (Lipinski definition) is 5. The molecule has 1 fully saturated rings. The Labute approximate surface area is 198 Å². The van der Waals surface area contributed by atoms with E-state index in [0.29, 0.717) is 15.8 Å². The summed E-state index contributed by atoms with van der Waals surface area (Å²) in [6.45, 7) is 6.65. The molecule has 1 aliphatic rings. The van der Waals surface area contributed by atoms with Crippen molar-refractivity contribution in [3.8, 4) is 22.7 Å². The zero-order valence-electron chi connectivity index (χ0n) is 18.3. The number of ether oxygens (including phenoxy) is 1. The van der Waals surface area contributed by atoms with E-state index < -0.39 is 0 Å². The van der Waals surface area contributed by atoms with Crippen LogP contribution in [-0.2, 0) is 4.79 Å². The molecule has 164 valence electrons. The highest BCUT2D eigenvalue weighted by atomic mass is 32.2. The lowest BCUT2D eigenvalue weighted by Crippen LogP contribution is -2.36. The maximum Gasteiger partial charge on any atom is 0.266 e. The fraction of sp³-hybridized carbons (Fsp3) is 0.240. The summed E-state index contributed by atoms with van der Waals surface area (Å²) in [5.41, 5.74) is 3.56. The number of rotatable bonds is 7. The number of benzene rings is 2. The van der Waals surface area contributed by atoms with Crippen molar-refractivity contribution >= 4 is 40.3 Å². The molecule has 32 heavy (non-hydrogen) atoms. The van der Waals surface area contributed by atoms with Gasteiger partial charge in [-0.15, -0.1) is 0 Å². The van der Waals surface area contributed by atoms with Crippen LogP contribution in [0.15, 0.2) is 65.7 Å². The molecule has 0 aliphatic carbocycles. The van der Waals surface area contributed by atoms with Gasteiger partial charge in [-0.3, -0.25) is 9.69 Å². The van der Waals surface area contributed by atoms with Gasteiger partial charge >= 0.3 is 0 Å². The van der Waals surface area contributed by atoms with Gasteiger partial charge in [0.2, 0.25) is 0 Å². The smallest absolute Gasteiger partial charge is 0.266 e.